The van der Waals surface area contributed by atoms with E-state index >= 15 is 0 Å². The summed E-state index contributed by atoms with van der Waals surface area (Å²) in [6.07, 6.45) is 6.69. The van der Waals surface area contributed by atoms with Crippen LogP contribution in [0.3, 0.4) is 0 Å². The maximum Gasteiger partial charge on any atom is 0.327 e. The molecule has 182 valence electrons. The summed E-state index contributed by atoms with van der Waals surface area (Å²) in [5.41, 5.74) is 2.44. The second-order valence-electron chi connectivity index (χ2n) is 9.27. The van der Waals surface area contributed by atoms with Crippen LogP contribution in [0.1, 0.15) is 48.3 Å². The molecule has 1 fully saturated rings. The number of pyridine rings is 1. The first-order chi connectivity index (χ1) is 16.0. The average molecular weight is 493 g/mol. The molecule has 1 N–H and O–H groups in total. The molecule has 2 aromatic rings. The normalized spacial score (nSPS) is 23.3. The molecule has 1 aliphatic heterocycles. The third kappa shape index (κ3) is 4.04. The second kappa shape index (κ2) is 8.03. The minimum atomic E-state index is -3.84. The number of imidazole rings is 1. The zero-order valence-corrected chi connectivity index (χ0v) is 19.7. The largest absolute Gasteiger partial charge is 0.348 e. The van der Waals surface area contributed by atoms with Gasteiger partial charge < -0.3 is 9.88 Å². The number of aromatic nitrogens is 3. The molecule has 1 amide bonds. The molecule has 12 heteroatoms. The van der Waals surface area contributed by atoms with Crippen LogP contribution >= 0.6 is 0 Å². The SMILES string of the molecule is CN1c2nc(C3=CCC(NC(=O)c4cn(C)cn4)CC3)ccc2N(CC2CC(F)(F)C2)S1(=O)=O. The van der Waals surface area contributed by atoms with E-state index in [2.05, 4.69) is 15.3 Å². The van der Waals surface area contributed by atoms with E-state index in [1.54, 1.807) is 36.3 Å². The Morgan fingerprint density at radius 3 is 2.65 bits per heavy atom. The molecule has 1 atom stereocenters. The number of nitrogens with one attached hydrogen (secondary N) is 1. The van der Waals surface area contributed by atoms with Crippen LogP contribution in [0.2, 0.25) is 0 Å². The number of hydrogen-bond donors (Lipinski definition) is 1. The van der Waals surface area contributed by atoms with E-state index in [1.165, 1.54) is 11.4 Å². The standard InChI is InChI=1S/C22H26F2N6O3S/c1-28-12-18(25-13-28)21(31)26-16-5-3-15(4-6-16)17-7-8-19-20(27-17)29(2)34(32,33)30(19)11-14-9-22(23,24)10-14/h3,7-8,12-14,16H,4-6,9-11H2,1-2H3,(H,26,31). The Balaban J connectivity index is 1.29. The summed E-state index contributed by atoms with van der Waals surface area (Å²) in [6, 6.07) is 3.45. The van der Waals surface area contributed by atoms with Crippen LogP contribution < -0.4 is 13.9 Å². The van der Waals surface area contributed by atoms with Gasteiger partial charge in [-0.15, -0.1) is 0 Å². The molecule has 9 nitrogen and oxygen atoms in total. The third-order valence-electron chi connectivity index (χ3n) is 6.66. The van der Waals surface area contributed by atoms with Gasteiger partial charge in [0.05, 0.1) is 17.7 Å². The first-order valence-electron chi connectivity index (χ1n) is 11.2. The predicted octanol–water partition coefficient (Wildman–Crippen LogP) is 2.73. The molecule has 3 heterocycles. The quantitative estimate of drug-likeness (QED) is 0.692. The summed E-state index contributed by atoms with van der Waals surface area (Å²) in [4.78, 5) is 21.0. The van der Waals surface area contributed by atoms with E-state index in [1.807, 2.05) is 6.08 Å². The van der Waals surface area contributed by atoms with Gasteiger partial charge >= 0.3 is 10.2 Å². The molecule has 0 saturated heterocycles. The van der Waals surface area contributed by atoms with Crippen molar-refractivity contribution in [2.45, 2.75) is 44.1 Å². The van der Waals surface area contributed by atoms with E-state index in [0.29, 0.717) is 35.7 Å². The lowest BCUT2D eigenvalue weighted by atomic mass is 9.81. The van der Waals surface area contributed by atoms with Gasteiger partial charge in [0.15, 0.2) is 5.82 Å². The van der Waals surface area contributed by atoms with Crippen molar-refractivity contribution in [2.75, 3.05) is 22.2 Å². The Morgan fingerprint density at radius 2 is 2.03 bits per heavy atom. The van der Waals surface area contributed by atoms with Gasteiger partial charge in [-0.2, -0.15) is 8.42 Å². The molecule has 1 saturated carbocycles. The third-order valence-corrected chi connectivity index (χ3v) is 8.43. The Hall–Kier alpha value is -3.02. The molecule has 34 heavy (non-hydrogen) atoms. The van der Waals surface area contributed by atoms with E-state index < -0.39 is 16.1 Å². The van der Waals surface area contributed by atoms with Crippen molar-refractivity contribution in [2.24, 2.45) is 13.0 Å². The topological polar surface area (TPSA) is 100 Å². The van der Waals surface area contributed by atoms with Gasteiger partial charge in [-0.1, -0.05) is 6.08 Å². The highest BCUT2D eigenvalue weighted by molar-refractivity contribution is 7.94. The van der Waals surface area contributed by atoms with Crippen LogP contribution in [0.25, 0.3) is 5.57 Å². The van der Waals surface area contributed by atoms with Crippen molar-refractivity contribution in [1.82, 2.24) is 19.9 Å². The van der Waals surface area contributed by atoms with Crippen molar-refractivity contribution in [3.63, 3.8) is 0 Å². The maximum atomic E-state index is 13.2. The fourth-order valence-corrected chi connectivity index (χ4v) is 6.19. The monoisotopic (exact) mass is 492 g/mol. The fourth-order valence-electron chi connectivity index (χ4n) is 4.76. The van der Waals surface area contributed by atoms with Gasteiger partial charge in [0, 0.05) is 45.7 Å². The molecular weight excluding hydrogens is 466 g/mol. The van der Waals surface area contributed by atoms with Crippen molar-refractivity contribution in [3.8, 4) is 0 Å². The van der Waals surface area contributed by atoms with Gasteiger partial charge in [-0.25, -0.2) is 27.4 Å². The lowest BCUT2D eigenvalue weighted by Gasteiger charge is -2.37. The number of fused-ring (bicyclic) bond motifs is 1. The van der Waals surface area contributed by atoms with Crippen LogP contribution in [0.15, 0.2) is 30.7 Å². The minimum absolute atomic E-state index is 0.0215. The van der Waals surface area contributed by atoms with E-state index in [-0.39, 0.29) is 37.3 Å². The van der Waals surface area contributed by atoms with Crippen LogP contribution in [0.5, 0.6) is 0 Å². The number of carbonyl (C=O) groups is 1. The number of amides is 1. The molecular formula is C22H26F2N6O3S. The highest BCUT2D eigenvalue weighted by atomic mass is 32.2. The van der Waals surface area contributed by atoms with Crippen LogP contribution in [0.4, 0.5) is 20.3 Å². The Labute approximate surface area is 196 Å². The van der Waals surface area contributed by atoms with Crippen molar-refractivity contribution >= 4 is 33.2 Å². The summed E-state index contributed by atoms with van der Waals surface area (Å²) >= 11 is 0. The van der Waals surface area contributed by atoms with Crippen molar-refractivity contribution < 1.29 is 22.0 Å². The minimum Gasteiger partial charge on any atom is -0.348 e. The highest BCUT2D eigenvalue weighted by Gasteiger charge is 2.49. The van der Waals surface area contributed by atoms with E-state index in [4.69, 9.17) is 0 Å². The molecule has 1 unspecified atom stereocenters. The van der Waals surface area contributed by atoms with Crippen LogP contribution in [0, 0.1) is 5.92 Å². The average Bonchev–Trinajstić information content (AvgIpc) is 3.28. The second-order valence-corrected chi connectivity index (χ2v) is 11.2. The lowest BCUT2D eigenvalue weighted by molar-refractivity contribution is -0.106. The fraction of sp³-hybridized carbons (Fsp3) is 0.500. The van der Waals surface area contributed by atoms with Gasteiger partial charge in [0.1, 0.15) is 5.69 Å². The smallest absolute Gasteiger partial charge is 0.327 e. The number of allylic oxidation sites excluding steroid dienone is 1. The zero-order chi connectivity index (χ0) is 24.3. The van der Waals surface area contributed by atoms with Crippen LogP contribution in [-0.2, 0) is 17.3 Å². The van der Waals surface area contributed by atoms with Gasteiger partial charge in [-0.3, -0.25) is 4.79 Å². The van der Waals surface area contributed by atoms with Crippen molar-refractivity contribution in [3.05, 3.63) is 42.1 Å². The molecule has 0 aromatic carbocycles. The van der Waals surface area contributed by atoms with E-state index in [0.717, 1.165) is 16.3 Å². The first kappa shape index (κ1) is 22.8. The summed E-state index contributed by atoms with van der Waals surface area (Å²) in [6.45, 7) is 0.0244. The van der Waals surface area contributed by atoms with Crippen molar-refractivity contribution in [1.29, 1.82) is 0 Å². The highest BCUT2D eigenvalue weighted by Crippen LogP contribution is 2.46. The van der Waals surface area contributed by atoms with Gasteiger partial charge in [0.25, 0.3) is 5.91 Å². The van der Waals surface area contributed by atoms with E-state index in [9.17, 15) is 22.0 Å². The Kier molecular flexibility index (Phi) is 5.38. The molecule has 2 aliphatic carbocycles. The van der Waals surface area contributed by atoms with Gasteiger partial charge in [-0.05, 0) is 42.9 Å². The number of carbonyl (C=O) groups excluding carboxylic acids is 1. The first-order valence-corrected chi connectivity index (χ1v) is 12.6. The number of hydrogen-bond acceptors (Lipinski definition) is 5. The lowest BCUT2D eigenvalue weighted by Crippen LogP contribution is -2.45. The molecule has 0 spiro atoms. The molecule has 3 aliphatic rings. The summed E-state index contributed by atoms with van der Waals surface area (Å²) in [5.74, 6) is -2.99. The number of aryl methyl sites for hydroxylation is 1. The number of anilines is 2. The molecule has 2 aromatic heterocycles. The summed E-state index contributed by atoms with van der Waals surface area (Å²) in [5, 5.41) is 2.99. The maximum absolute atomic E-state index is 13.2. The Morgan fingerprint density at radius 1 is 1.26 bits per heavy atom. The zero-order valence-electron chi connectivity index (χ0n) is 18.9. The van der Waals surface area contributed by atoms with Gasteiger partial charge in [0.2, 0.25) is 5.92 Å². The number of halogens is 2. The Bertz CT molecular complexity index is 1270. The molecule has 5 rings (SSSR count). The number of nitrogens with zero attached hydrogens (tertiary/aromatic N) is 5. The predicted molar refractivity (Wildman–Crippen MR) is 123 cm³/mol. The summed E-state index contributed by atoms with van der Waals surface area (Å²) in [7, 11) is -0.612. The number of alkyl halides is 2. The molecule has 0 radical (unpaired) electrons. The summed E-state index contributed by atoms with van der Waals surface area (Å²) < 4.78 is 56.3. The number of rotatable bonds is 5. The molecule has 0 bridgehead atoms. The van der Waals surface area contributed by atoms with Crippen LogP contribution in [-0.4, -0.2) is 54.4 Å².